The van der Waals surface area contributed by atoms with Gasteiger partial charge in [-0.15, -0.1) is 0 Å². The van der Waals surface area contributed by atoms with E-state index in [1.807, 2.05) is 0 Å². The second-order valence-corrected chi connectivity index (χ2v) is 3.44. The van der Waals surface area contributed by atoms with Gasteiger partial charge in [-0.1, -0.05) is 5.16 Å². The van der Waals surface area contributed by atoms with Crippen LogP contribution in [0, 0.1) is 0 Å². The molecule has 4 heteroatoms. The highest BCUT2D eigenvalue weighted by Gasteiger charge is 2.38. The number of nitrogens with zero attached hydrogens (tertiary/aromatic N) is 1. The summed E-state index contributed by atoms with van der Waals surface area (Å²) in [5, 5.41) is 3.62. The minimum absolute atomic E-state index is 0.00528. The molecule has 0 aromatic carbocycles. The van der Waals surface area contributed by atoms with Gasteiger partial charge in [0.2, 0.25) is 0 Å². The fourth-order valence-electron chi connectivity index (χ4n) is 0.682. The van der Waals surface area contributed by atoms with Crippen LogP contribution in [0.3, 0.4) is 0 Å². The number of oxime groups is 1. The van der Waals surface area contributed by atoms with Gasteiger partial charge in [0.25, 0.3) is 0 Å². The van der Waals surface area contributed by atoms with E-state index in [2.05, 4.69) is 21.1 Å². The molecule has 0 N–H and O–H groups in total. The van der Waals surface area contributed by atoms with E-state index in [0.717, 1.165) is 0 Å². The molecule has 0 bridgehead atoms. The van der Waals surface area contributed by atoms with Crippen LogP contribution in [0.2, 0.25) is 0 Å². The lowest BCUT2D eigenvalue weighted by atomic mass is 9.99. The van der Waals surface area contributed by atoms with Gasteiger partial charge >= 0.3 is 0 Å². The van der Waals surface area contributed by atoms with E-state index in [1.54, 1.807) is 6.92 Å². The zero-order valence-electron chi connectivity index (χ0n) is 5.85. The summed E-state index contributed by atoms with van der Waals surface area (Å²) >= 11 is 3.15. The molecule has 0 saturated carbocycles. The molecule has 0 spiro atoms. The number of carbonyl (C=O) groups excluding carboxylic acids is 1. The minimum atomic E-state index is -0.723. The van der Waals surface area contributed by atoms with Crippen molar-refractivity contribution in [2.75, 3.05) is 0 Å². The molecule has 56 valence electrons. The van der Waals surface area contributed by atoms with Crippen LogP contribution in [-0.2, 0) is 9.63 Å². The number of ketones is 1. The molecule has 0 fully saturated rings. The Morgan fingerprint density at radius 2 is 2.50 bits per heavy atom. The van der Waals surface area contributed by atoms with Crippen molar-refractivity contribution in [1.29, 1.82) is 0 Å². The highest BCUT2D eigenvalue weighted by molar-refractivity contribution is 9.18. The van der Waals surface area contributed by atoms with E-state index in [4.69, 9.17) is 4.84 Å². The summed E-state index contributed by atoms with van der Waals surface area (Å²) in [4.78, 5) is 15.8. The molecule has 3 nitrogen and oxygen atoms in total. The van der Waals surface area contributed by atoms with Crippen LogP contribution in [0.5, 0.6) is 0 Å². The topological polar surface area (TPSA) is 38.7 Å². The highest BCUT2D eigenvalue weighted by atomic mass is 79.9. The average Bonchev–Trinajstić information content (AvgIpc) is 2.13. The molecule has 1 aliphatic heterocycles. The van der Waals surface area contributed by atoms with Gasteiger partial charge in [0, 0.05) is 6.42 Å². The lowest BCUT2D eigenvalue weighted by molar-refractivity contribution is -0.136. The molecule has 0 aliphatic carbocycles. The normalized spacial score (nSPS) is 31.3. The van der Waals surface area contributed by atoms with Crippen molar-refractivity contribution in [2.24, 2.45) is 5.16 Å². The molecule has 1 atom stereocenters. The zero-order valence-corrected chi connectivity index (χ0v) is 7.43. The lowest BCUT2D eigenvalue weighted by Crippen LogP contribution is -2.32. The van der Waals surface area contributed by atoms with Gasteiger partial charge in [-0.2, -0.15) is 0 Å². The number of Topliss-reactive ketones (excluding diaryl/α,β-unsaturated/α-hetero) is 1. The molecule has 10 heavy (non-hydrogen) atoms. The standard InChI is InChI=1S/C6H8BrNO2/c1-4(9)6(2)3-5(7)8-10-6/h3H2,1-2H3. The molecule has 0 aromatic rings. The van der Waals surface area contributed by atoms with Gasteiger partial charge in [0.15, 0.2) is 11.4 Å². The Hall–Kier alpha value is -0.380. The fourth-order valence-corrected chi connectivity index (χ4v) is 1.29. The van der Waals surface area contributed by atoms with Gasteiger partial charge in [0.1, 0.15) is 4.62 Å². The molecule has 1 heterocycles. The molecule has 0 aromatic heterocycles. The quantitative estimate of drug-likeness (QED) is 0.651. The molecule has 0 radical (unpaired) electrons. The molecular formula is C6H8BrNO2. The van der Waals surface area contributed by atoms with Gasteiger partial charge in [0.05, 0.1) is 0 Å². The molecule has 1 aliphatic rings. The molecular weight excluding hydrogens is 198 g/mol. The maximum Gasteiger partial charge on any atom is 0.198 e. The second kappa shape index (κ2) is 2.34. The summed E-state index contributed by atoms with van der Waals surface area (Å²) in [6.45, 7) is 3.23. The van der Waals surface area contributed by atoms with E-state index in [9.17, 15) is 4.79 Å². The summed E-state index contributed by atoms with van der Waals surface area (Å²) in [6, 6.07) is 0. The third-order valence-electron chi connectivity index (χ3n) is 1.57. The van der Waals surface area contributed by atoms with E-state index in [-0.39, 0.29) is 5.78 Å². The van der Waals surface area contributed by atoms with E-state index < -0.39 is 5.60 Å². The van der Waals surface area contributed by atoms with Crippen molar-refractivity contribution < 1.29 is 9.63 Å². The minimum Gasteiger partial charge on any atom is -0.380 e. The van der Waals surface area contributed by atoms with Crippen LogP contribution in [0.25, 0.3) is 0 Å². The number of hydrogen-bond donors (Lipinski definition) is 0. The first-order valence-corrected chi connectivity index (χ1v) is 3.75. The number of hydrogen-bond acceptors (Lipinski definition) is 3. The zero-order chi connectivity index (χ0) is 7.78. The maximum absolute atomic E-state index is 10.9. The van der Waals surface area contributed by atoms with E-state index >= 15 is 0 Å². The lowest BCUT2D eigenvalue weighted by Gasteiger charge is -2.15. The summed E-state index contributed by atoms with van der Waals surface area (Å²) in [6.07, 6.45) is 0.544. The first kappa shape index (κ1) is 7.72. The van der Waals surface area contributed by atoms with Crippen molar-refractivity contribution in [3.8, 4) is 0 Å². The molecule has 1 unspecified atom stereocenters. The van der Waals surface area contributed by atoms with Crippen molar-refractivity contribution in [3.05, 3.63) is 0 Å². The summed E-state index contributed by atoms with van der Waals surface area (Å²) < 4.78 is 0.699. The van der Waals surface area contributed by atoms with Crippen molar-refractivity contribution >= 4 is 26.3 Å². The SMILES string of the molecule is CC(=O)C1(C)CC(Br)=NO1. The summed E-state index contributed by atoms with van der Waals surface area (Å²) in [7, 11) is 0. The Morgan fingerprint density at radius 3 is 2.70 bits per heavy atom. The third-order valence-corrected chi connectivity index (χ3v) is 2.00. The van der Waals surface area contributed by atoms with Gasteiger partial charge in [-0.25, -0.2) is 0 Å². The van der Waals surface area contributed by atoms with Crippen LogP contribution in [0.1, 0.15) is 20.3 Å². The van der Waals surface area contributed by atoms with Crippen LogP contribution in [0.15, 0.2) is 5.16 Å². The largest absolute Gasteiger partial charge is 0.380 e. The summed E-state index contributed by atoms with van der Waals surface area (Å²) in [5.41, 5.74) is -0.723. The van der Waals surface area contributed by atoms with Crippen LogP contribution in [0.4, 0.5) is 0 Å². The summed E-state index contributed by atoms with van der Waals surface area (Å²) in [5.74, 6) is 0.00528. The Morgan fingerprint density at radius 1 is 1.90 bits per heavy atom. The van der Waals surface area contributed by atoms with E-state index in [0.29, 0.717) is 11.0 Å². The highest BCUT2D eigenvalue weighted by Crippen LogP contribution is 2.26. The second-order valence-electron chi connectivity index (χ2n) is 2.52. The number of carbonyl (C=O) groups is 1. The maximum atomic E-state index is 10.9. The number of rotatable bonds is 1. The molecule has 0 amide bonds. The van der Waals surface area contributed by atoms with Crippen LogP contribution >= 0.6 is 15.9 Å². The Balaban J connectivity index is 2.70. The molecule has 1 rings (SSSR count). The average molecular weight is 206 g/mol. The van der Waals surface area contributed by atoms with Crippen LogP contribution in [-0.4, -0.2) is 16.0 Å². The van der Waals surface area contributed by atoms with Crippen molar-refractivity contribution in [1.82, 2.24) is 0 Å². The first-order valence-electron chi connectivity index (χ1n) is 2.96. The van der Waals surface area contributed by atoms with Crippen LogP contribution < -0.4 is 0 Å². The van der Waals surface area contributed by atoms with Gasteiger partial charge in [-0.05, 0) is 29.8 Å². The predicted octanol–water partition coefficient (Wildman–Crippen LogP) is 1.46. The first-order chi connectivity index (χ1) is 4.54. The smallest absolute Gasteiger partial charge is 0.198 e. The van der Waals surface area contributed by atoms with Crippen molar-refractivity contribution in [2.45, 2.75) is 25.9 Å². The van der Waals surface area contributed by atoms with Crippen molar-refractivity contribution in [3.63, 3.8) is 0 Å². The monoisotopic (exact) mass is 205 g/mol. The van der Waals surface area contributed by atoms with Gasteiger partial charge in [-0.3, -0.25) is 4.79 Å². The Kier molecular flexibility index (Phi) is 1.81. The fraction of sp³-hybridized carbons (Fsp3) is 0.667. The van der Waals surface area contributed by atoms with E-state index in [1.165, 1.54) is 6.92 Å². The Labute approximate surface area is 67.6 Å². The molecule has 0 saturated heterocycles. The number of halogens is 1. The third kappa shape index (κ3) is 1.21. The Bertz CT molecular complexity index is 202. The van der Waals surface area contributed by atoms with Gasteiger partial charge < -0.3 is 4.84 Å². The predicted molar refractivity (Wildman–Crippen MR) is 41.2 cm³/mol.